The predicted octanol–water partition coefficient (Wildman–Crippen LogP) is 1.88. The average Bonchev–Trinajstić information content (AvgIpc) is 2.30. The lowest BCUT2D eigenvalue weighted by Gasteiger charge is -2.26. The summed E-state index contributed by atoms with van der Waals surface area (Å²) in [6, 6.07) is 4.89. The highest BCUT2D eigenvalue weighted by Gasteiger charge is 2.27. The van der Waals surface area contributed by atoms with Crippen LogP contribution in [0.15, 0.2) is 18.2 Å². The Morgan fingerprint density at radius 1 is 1.53 bits per heavy atom. The maximum Gasteiger partial charge on any atom is 0.237 e. The van der Waals surface area contributed by atoms with Crippen LogP contribution >= 0.6 is 0 Å². The van der Waals surface area contributed by atoms with Crippen molar-refractivity contribution in [2.45, 2.75) is 39.3 Å². The fraction of sp³-hybridized carbons (Fsp3) is 0.462. The van der Waals surface area contributed by atoms with E-state index in [0.29, 0.717) is 18.5 Å². The van der Waals surface area contributed by atoms with Crippen LogP contribution in [-0.4, -0.2) is 11.4 Å². The zero-order chi connectivity index (χ0) is 13.1. The first kappa shape index (κ1) is 13.6. The van der Waals surface area contributed by atoms with Crippen LogP contribution in [0, 0.1) is 12.7 Å². The molecule has 4 heteroatoms. The molecule has 3 N–H and O–H groups in total. The summed E-state index contributed by atoms with van der Waals surface area (Å²) in [5, 5.41) is 3.11. The van der Waals surface area contributed by atoms with Crippen molar-refractivity contribution in [2.24, 2.45) is 5.73 Å². The van der Waals surface area contributed by atoms with Crippen molar-refractivity contribution in [1.29, 1.82) is 0 Å². The molecule has 1 aromatic carbocycles. The largest absolute Gasteiger partial charge is 0.368 e. The number of benzene rings is 1. The summed E-state index contributed by atoms with van der Waals surface area (Å²) in [6.45, 7) is 5.87. The Kier molecular flexibility index (Phi) is 4.23. The van der Waals surface area contributed by atoms with Crippen molar-refractivity contribution >= 4 is 5.91 Å². The third kappa shape index (κ3) is 3.27. The summed E-state index contributed by atoms with van der Waals surface area (Å²) < 4.78 is 13.1. The average molecular weight is 238 g/mol. The minimum absolute atomic E-state index is 0.220. The van der Waals surface area contributed by atoms with E-state index >= 15 is 0 Å². The predicted molar refractivity (Wildman–Crippen MR) is 65.9 cm³/mol. The highest BCUT2D eigenvalue weighted by Crippen LogP contribution is 2.12. The third-order valence-electron chi connectivity index (χ3n) is 3.16. The van der Waals surface area contributed by atoms with Gasteiger partial charge in [0.15, 0.2) is 0 Å². The molecule has 1 rings (SSSR count). The van der Waals surface area contributed by atoms with Crippen LogP contribution in [0.5, 0.6) is 0 Å². The fourth-order valence-corrected chi connectivity index (χ4v) is 1.50. The normalized spacial score (nSPS) is 14.4. The molecule has 17 heavy (non-hydrogen) atoms. The van der Waals surface area contributed by atoms with Crippen molar-refractivity contribution in [3.8, 4) is 0 Å². The molecule has 0 aliphatic rings. The summed E-state index contributed by atoms with van der Waals surface area (Å²) in [5.74, 6) is -0.597. The lowest BCUT2D eigenvalue weighted by molar-refractivity contribution is -0.124. The minimum atomic E-state index is -0.720. The van der Waals surface area contributed by atoms with E-state index in [1.165, 1.54) is 6.07 Å². The number of amides is 1. The van der Waals surface area contributed by atoms with Crippen LogP contribution in [0.2, 0.25) is 0 Å². The van der Waals surface area contributed by atoms with Crippen molar-refractivity contribution in [3.05, 3.63) is 35.1 Å². The van der Waals surface area contributed by atoms with Crippen LogP contribution in [0.1, 0.15) is 31.4 Å². The van der Waals surface area contributed by atoms with Gasteiger partial charge < -0.3 is 5.73 Å². The molecule has 0 aliphatic carbocycles. The Morgan fingerprint density at radius 3 is 2.65 bits per heavy atom. The van der Waals surface area contributed by atoms with Crippen LogP contribution < -0.4 is 11.1 Å². The van der Waals surface area contributed by atoms with Crippen molar-refractivity contribution in [1.82, 2.24) is 5.32 Å². The second-order valence-corrected chi connectivity index (χ2v) is 4.49. The molecule has 0 aromatic heterocycles. The molecule has 1 amide bonds. The first-order valence-corrected chi connectivity index (χ1v) is 5.69. The Bertz CT molecular complexity index is 420. The van der Waals surface area contributed by atoms with Crippen LogP contribution in [0.25, 0.3) is 0 Å². The third-order valence-corrected chi connectivity index (χ3v) is 3.16. The summed E-state index contributed by atoms with van der Waals surface area (Å²) >= 11 is 0. The molecule has 0 bridgehead atoms. The Morgan fingerprint density at radius 2 is 2.18 bits per heavy atom. The lowest BCUT2D eigenvalue weighted by Crippen LogP contribution is -2.52. The zero-order valence-electron chi connectivity index (χ0n) is 10.5. The van der Waals surface area contributed by atoms with E-state index in [1.807, 2.05) is 6.92 Å². The molecular formula is C13H19FN2O. The maximum absolute atomic E-state index is 13.1. The van der Waals surface area contributed by atoms with E-state index in [4.69, 9.17) is 5.73 Å². The van der Waals surface area contributed by atoms with E-state index in [2.05, 4.69) is 5.32 Å². The highest BCUT2D eigenvalue weighted by atomic mass is 19.1. The van der Waals surface area contributed by atoms with Crippen molar-refractivity contribution in [3.63, 3.8) is 0 Å². The second kappa shape index (κ2) is 5.27. The second-order valence-electron chi connectivity index (χ2n) is 4.49. The van der Waals surface area contributed by atoms with E-state index in [9.17, 15) is 9.18 Å². The van der Waals surface area contributed by atoms with Crippen LogP contribution in [-0.2, 0) is 11.3 Å². The quantitative estimate of drug-likeness (QED) is 0.823. The molecule has 1 aromatic rings. The number of aryl methyl sites for hydroxylation is 1. The number of hydrogen-bond donors (Lipinski definition) is 2. The number of carbonyl (C=O) groups excluding carboxylic acids is 1. The van der Waals surface area contributed by atoms with Gasteiger partial charge in [-0.2, -0.15) is 0 Å². The number of nitrogens with one attached hydrogen (secondary N) is 1. The molecule has 0 heterocycles. The molecule has 0 fully saturated rings. The molecule has 1 unspecified atom stereocenters. The zero-order valence-corrected chi connectivity index (χ0v) is 10.5. The molecule has 0 saturated carbocycles. The van der Waals surface area contributed by atoms with Crippen LogP contribution in [0.4, 0.5) is 4.39 Å². The Hall–Kier alpha value is -1.42. The molecule has 0 radical (unpaired) electrons. The summed E-state index contributed by atoms with van der Waals surface area (Å²) in [7, 11) is 0. The molecular weight excluding hydrogens is 219 g/mol. The van der Waals surface area contributed by atoms with Gasteiger partial charge in [-0.1, -0.05) is 19.1 Å². The Balaban J connectivity index is 2.73. The number of primary amides is 1. The lowest BCUT2D eigenvalue weighted by atomic mass is 9.97. The first-order chi connectivity index (χ1) is 7.89. The first-order valence-electron chi connectivity index (χ1n) is 5.69. The summed E-state index contributed by atoms with van der Waals surface area (Å²) in [6.07, 6.45) is 0.614. The van der Waals surface area contributed by atoms with E-state index in [-0.39, 0.29) is 11.7 Å². The van der Waals surface area contributed by atoms with E-state index in [1.54, 1.807) is 26.0 Å². The van der Waals surface area contributed by atoms with Gasteiger partial charge in [-0.15, -0.1) is 0 Å². The van der Waals surface area contributed by atoms with Gasteiger partial charge in [0.1, 0.15) is 5.82 Å². The maximum atomic E-state index is 13.1. The van der Waals surface area contributed by atoms with Crippen molar-refractivity contribution in [2.75, 3.05) is 0 Å². The van der Waals surface area contributed by atoms with Gasteiger partial charge in [0, 0.05) is 6.54 Å². The van der Waals surface area contributed by atoms with Crippen molar-refractivity contribution < 1.29 is 9.18 Å². The highest BCUT2D eigenvalue weighted by molar-refractivity contribution is 5.84. The standard InChI is InChI=1S/C13H19FN2O/c1-4-13(3,12(15)17)16-8-10-5-6-11(14)9(2)7-10/h5-7,16H,4,8H2,1-3H3,(H2,15,17). The molecule has 0 spiro atoms. The minimum Gasteiger partial charge on any atom is -0.368 e. The van der Waals surface area contributed by atoms with E-state index in [0.717, 1.165) is 5.56 Å². The van der Waals surface area contributed by atoms with Gasteiger partial charge in [0.2, 0.25) is 5.91 Å². The number of nitrogens with two attached hydrogens (primary N) is 1. The number of hydrogen-bond acceptors (Lipinski definition) is 2. The number of carbonyl (C=O) groups is 1. The van der Waals surface area contributed by atoms with Gasteiger partial charge in [-0.05, 0) is 37.5 Å². The monoisotopic (exact) mass is 238 g/mol. The molecule has 94 valence electrons. The van der Waals surface area contributed by atoms with Crippen LogP contribution in [0.3, 0.4) is 0 Å². The molecule has 3 nitrogen and oxygen atoms in total. The van der Waals surface area contributed by atoms with Gasteiger partial charge in [-0.3, -0.25) is 10.1 Å². The number of rotatable bonds is 5. The Labute approximate surface area is 101 Å². The molecule has 0 aliphatic heterocycles. The molecule has 0 saturated heterocycles. The van der Waals surface area contributed by atoms with Gasteiger partial charge in [0.25, 0.3) is 0 Å². The molecule has 1 atom stereocenters. The summed E-state index contributed by atoms with van der Waals surface area (Å²) in [4.78, 5) is 11.3. The van der Waals surface area contributed by atoms with E-state index < -0.39 is 5.54 Å². The number of halogens is 1. The van der Waals surface area contributed by atoms with Gasteiger partial charge in [0.05, 0.1) is 5.54 Å². The SMILES string of the molecule is CCC(C)(NCc1ccc(F)c(C)c1)C(N)=O. The topological polar surface area (TPSA) is 55.1 Å². The smallest absolute Gasteiger partial charge is 0.237 e. The van der Waals surface area contributed by atoms with Gasteiger partial charge >= 0.3 is 0 Å². The summed E-state index contributed by atoms with van der Waals surface area (Å²) in [5.41, 5.74) is 6.15. The fourth-order valence-electron chi connectivity index (χ4n) is 1.50. The van der Waals surface area contributed by atoms with Gasteiger partial charge in [-0.25, -0.2) is 4.39 Å².